The van der Waals surface area contributed by atoms with Crippen molar-refractivity contribution in [2.75, 3.05) is 19.5 Å². The van der Waals surface area contributed by atoms with E-state index in [1.807, 2.05) is 0 Å². The van der Waals surface area contributed by atoms with E-state index in [1.165, 1.54) is 13.1 Å². The fourth-order valence-corrected chi connectivity index (χ4v) is 2.11. The van der Waals surface area contributed by atoms with Gasteiger partial charge < -0.3 is 14.8 Å². The molecule has 7 heteroatoms. The Balaban J connectivity index is 2.09. The largest absolute Gasteiger partial charge is 0.497 e. The maximum absolute atomic E-state index is 12.2. The van der Waals surface area contributed by atoms with E-state index in [2.05, 4.69) is 15.8 Å². The van der Waals surface area contributed by atoms with Crippen LogP contribution >= 0.6 is 0 Å². The third-order valence-corrected chi connectivity index (χ3v) is 3.25. The van der Waals surface area contributed by atoms with Crippen molar-refractivity contribution in [3.63, 3.8) is 0 Å². The number of benzene rings is 2. The molecule has 2 N–H and O–H groups in total. The molecule has 7 nitrogen and oxygen atoms in total. The Labute approximate surface area is 145 Å². The second kappa shape index (κ2) is 8.49. The Morgan fingerprint density at radius 1 is 1.08 bits per heavy atom. The van der Waals surface area contributed by atoms with E-state index in [1.54, 1.807) is 56.7 Å². The summed E-state index contributed by atoms with van der Waals surface area (Å²) in [7, 11) is 3.11. The SMILES string of the molecule is COc1ccc(OC)c(C=NNC(=O)c2cccc(NC(C)=O)c2)c1. The van der Waals surface area contributed by atoms with Crippen molar-refractivity contribution in [2.45, 2.75) is 6.92 Å². The van der Waals surface area contributed by atoms with E-state index < -0.39 is 5.91 Å². The lowest BCUT2D eigenvalue weighted by Crippen LogP contribution is -2.18. The number of carbonyl (C=O) groups excluding carboxylic acids is 2. The molecule has 130 valence electrons. The Morgan fingerprint density at radius 3 is 2.56 bits per heavy atom. The summed E-state index contributed by atoms with van der Waals surface area (Å²) in [5.41, 5.74) is 4.02. The molecule has 0 aromatic heterocycles. The number of carbonyl (C=O) groups is 2. The lowest BCUT2D eigenvalue weighted by Gasteiger charge is -2.07. The van der Waals surface area contributed by atoms with Crippen molar-refractivity contribution in [1.29, 1.82) is 0 Å². The number of hydrazone groups is 1. The zero-order valence-corrected chi connectivity index (χ0v) is 14.2. The number of methoxy groups -OCH3 is 2. The Morgan fingerprint density at radius 2 is 1.88 bits per heavy atom. The molecule has 0 aliphatic carbocycles. The monoisotopic (exact) mass is 341 g/mol. The number of nitrogens with one attached hydrogen (secondary N) is 2. The van der Waals surface area contributed by atoms with Gasteiger partial charge in [-0.05, 0) is 36.4 Å². The Kier molecular flexibility index (Phi) is 6.11. The summed E-state index contributed by atoms with van der Waals surface area (Å²) in [4.78, 5) is 23.2. The highest BCUT2D eigenvalue weighted by atomic mass is 16.5. The van der Waals surface area contributed by atoms with E-state index in [-0.39, 0.29) is 5.91 Å². The van der Waals surface area contributed by atoms with Gasteiger partial charge in [0.1, 0.15) is 11.5 Å². The highest BCUT2D eigenvalue weighted by Gasteiger charge is 2.06. The molecular formula is C18H19N3O4. The van der Waals surface area contributed by atoms with E-state index >= 15 is 0 Å². The van der Waals surface area contributed by atoms with Crippen LogP contribution in [0.25, 0.3) is 0 Å². The van der Waals surface area contributed by atoms with Crippen LogP contribution < -0.4 is 20.2 Å². The average molecular weight is 341 g/mol. The molecule has 0 radical (unpaired) electrons. The zero-order chi connectivity index (χ0) is 18.2. The van der Waals surface area contributed by atoms with E-state index in [4.69, 9.17) is 9.47 Å². The minimum atomic E-state index is -0.398. The average Bonchev–Trinajstić information content (AvgIpc) is 2.61. The van der Waals surface area contributed by atoms with Gasteiger partial charge in [-0.2, -0.15) is 5.10 Å². The van der Waals surface area contributed by atoms with Crippen LogP contribution in [-0.2, 0) is 4.79 Å². The van der Waals surface area contributed by atoms with Gasteiger partial charge in [-0.15, -0.1) is 0 Å². The number of amides is 2. The van der Waals surface area contributed by atoms with Gasteiger partial charge in [0.05, 0.1) is 20.4 Å². The van der Waals surface area contributed by atoms with Crippen molar-refractivity contribution in [3.05, 3.63) is 53.6 Å². The van der Waals surface area contributed by atoms with Crippen LogP contribution in [0, 0.1) is 0 Å². The predicted molar refractivity (Wildman–Crippen MR) is 95.4 cm³/mol. The number of hydrogen-bond acceptors (Lipinski definition) is 5. The highest BCUT2D eigenvalue weighted by Crippen LogP contribution is 2.22. The lowest BCUT2D eigenvalue weighted by molar-refractivity contribution is -0.114. The van der Waals surface area contributed by atoms with Crippen molar-refractivity contribution < 1.29 is 19.1 Å². The molecular weight excluding hydrogens is 322 g/mol. The van der Waals surface area contributed by atoms with E-state index in [9.17, 15) is 9.59 Å². The van der Waals surface area contributed by atoms with Gasteiger partial charge in [0.2, 0.25) is 5.91 Å². The Bertz CT molecular complexity index is 803. The molecule has 0 bridgehead atoms. The molecule has 0 atom stereocenters. The molecule has 0 unspecified atom stereocenters. The minimum absolute atomic E-state index is 0.208. The first-order valence-electron chi connectivity index (χ1n) is 7.46. The molecule has 0 saturated carbocycles. The maximum atomic E-state index is 12.2. The fourth-order valence-electron chi connectivity index (χ4n) is 2.11. The van der Waals surface area contributed by atoms with Crippen LogP contribution in [0.4, 0.5) is 5.69 Å². The van der Waals surface area contributed by atoms with Crippen molar-refractivity contribution in [1.82, 2.24) is 5.43 Å². The quantitative estimate of drug-likeness (QED) is 0.624. The van der Waals surface area contributed by atoms with Crippen molar-refractivity contribution in [2.24, 2.45) is 5.10 Å². The molecule has 0 fully saturated rings. The smallest absolute Gasteiger partial charge is 0.271 e. The summed E-state index contributed by atoms with van der Waals surface area (Å²) in [6.45, 7) is 1.40. The predicted octanol–water partition coefficient (Wildman–Crippen LogP) is 2.43. The topological polar surface area (TPSA) is 89.0 Å². The van der Waals surface area contributed by atoms with E-state index in [0.717, 1.165) is 0 Å². The molecule has 0 aliphatic rings. The van der Waals surface area contributed by atoms with Crippen LogP contribution in [0.5, 0.6) is 11.5 Å². The molecule has 25 heavy (non-hydrogen) atoms. The van der Waals surface area contributed by atoms with Crippen LogP contribution in [0.3, 0.4) is 0 Å². The van der Waals surface area contributed by atoms with Crippen LogP contribution in [0.2, 0.25) is 0 Å². The highest BCUT2D eigenvalue weighted by molar-refractivity contribution is 5.97. The van der Waals surface area contributed by atoms with Gasteiger partial charge in [-0.3, -0.25) is 9.59 Å². The van der Waals surface area contributed by atoms with Crippen molar-refractivity contribution >= 4 is 23.7 Å². The Hall–Kier alpha value is -3.35. The first-order chi connectivity index (χ1) is 12.0. The second-order valence-electron chi connectivity index (χ2n) is 5.07. The molecule has 2 rings (SSSR count). The van der Waals surface area contributed by atoms with Crippen LogP contribution in [0.1, 0.15) is 22.8 Å². The van der Waals surface area contributed by atoms with Gasteiger partial charge in [0.15, 0.2) is 0 Å². The number of rotatable bonds is 6. The number of anilines is 1. The van der Waals surface area contributed by atoms with Gasteiger partial charge in [0.25, 0.3) is 5.91 Å². The number of nitrogens with zero attached hydrogens (tertiary/aromatic N) is 1. The third-order valence-electron chi connectivity index (χ3n) is 3.25. The second-order valence-corrected chi connectivity index (χ2v) is 5.07. The lowest BCUT2D eigenvalue weighted by atomic mass is 10.2. The van der Waals surface area contributed by atoms with Gasteiger partial charge in [-0.1, -0.05) is 6.07 Å². The summed E-state index contributed by atoms with van der Waals surface area (Å²) >= 11 is 0. The molecule has 2 amide bonds. The zero-order valence-electron chi connectivity index (χ0n) is 14.2. The summed E-state index contributed by atoms with van der Waals surface area (Å²) < 4.78 is 10.4. The van der Waals surface area contributed by atoms with Crippen LogP contribution in [-0.4, -0.2) is 32.2 Å². The number of ether oxygens (including phenoxy) is 2. The minimum Gasteiger partial charge on any atom is -0.497 e. The third kappa shape index (κ3) is 5.07. The molecule has 0 aliphatic heterocycles. The van der Waals surface area contributed by atoms with Crippen molar-refractivity contribution in [3.8, 4) is 11.5 Å². The summed E-state index contributed by atoms with van der Waals surface area (Å²) in [6.07, 6.45) is 1.47. The normalized spacial score (nSPS) is 10.4. The van der Waals surface area contributed by atoms with Gasteiger partial charge >= 0.3 is 0 Å². The van der Waals surface area contributed by atoms with E-state index in [0.29, 0.717) is 28.3 Å². The molecule has 2 aromatic carbocycles. The first kappa shape index (κ1) is 18.0. The standard InChI is InChI=1S/C18H19N3O4/c1-12(22)20-15-6-4-5-13(9-15)18(23)21-19-11-14-10-16(24-2)7-8-17(14)25-3/h4-11H,1-3H3,(H,20,22)(H,21,23). The molecule has 2 aromatic rings. The summed E-state index contributed by atoms with van der Waals surface area (Å²) in [5.74, 6) is 0.647. The maximum Gasteiger partial charge on any atom is 0.271 e. The molecule has 0 heterocycles. The fraction of sp³-hybridized carbons (Fsp3) is 0.167. The van der Waals surface area contributed by atoms with Crippen LogP contribution in [0.15, 0.2) is 47.6 Å². The molecule has 0 saturated heterocycles. The van der Waals surface area contributed by atoms with Gasteiger partial charge in [0, 0.05) is 23.7 Å². The number of hydrogen-bond donors (Lipinski definition) is 2. The first-order valence-corrected chi connectivity index (χ1v) is 7.46. The summed E-state index contributed by atoms with van der Waals surface area (Å²) in [6, 6.07) is 11.8. The van der Waals surface area contributed by atoms with Gasteiger partial charge in [-0.25, -0.2) is 5.43 Å². The molecule has 0 spiro atoms. The summed E-state index contributed by atoms with van der Waals surface area (Å²) in [5, 5.41) is 6.57.